The molecule has 0 saturated heterocycles. The minimum Gasteiger partial charge on any atom is -0.353 e. The lowest BCUT2D eigenvalue weighted by Gasteiger charge is -2.30. The van der Waals surface area contributed by atoms with E-state index in [1.165, 1.54) is 17.4 Å². The molecule has 0 saturated carbocycles. The number of nitrogens with one attached hydrogen (secondary N) is 1. The van der Waals surface area contributed by atoms with Gasteiger partial charge in [-0.25, -0.2) is 0 Å². The second kappa shape index (κ2) is 5.16. The van der Waals surface area contributed by atoms with Crippen molar-refractivity contribution in [3.05, 3.63) is 53.8 Å². The van der Waals surface area contributed by atoms with Gasteiger partial charge in [0.05, 0.1) is 11.4 Å². The van der Waals surface area contributed by atoms with E-state index in [9.17, 15) is 4.79 Å². The Labute approximate surface area is 130 Å². The Morgan fingerprint density at radius 1 is 1.18 bits per heavy atom. The molecule has 0 fully saturated rings. The Kier molecular flexibility index (Phi) is 3.14. The number of para-hydroxylation sites is 1. The van der Waals surface area contributed by atoms with Gasteiger partial charge in [-0.15, -0.1) is 0 Å². The minimum atomic E-state index is 0.147. The highest BCUT2D eigenvalue weighted by molar-refractivity contribution is 6.01. The molecule has 0 atom stereocenters. The average molecular weight is 292 g/mol. The van der Waals surface area contributed by atoms with Gasteiger partial charge in [0, 0.05) is 23.0 Å². The van der Waals surface area contributed by atoms with Gasteiger partial charge in [-0.05, 0) is 43.7 Å². The fraction of sp³-hybridized carbons (Fsp3) is 0.316. The fourth-order valence-electron chi connectivity index (χ4n) is 3.63. The number of aromatic amines is 1. The van der Waals surface area contributed by atoms with Crippen LogP contribution < -0.4 is 0 Å². The van der Waals surface area contributed by atoms with E-state index in [1.54, 1.807) is 0 Å². The number of hydrogen-bond acceptors (Lipinski definition) is 1. The summed E-state index contributed by atoms with van der Waals surface area (Å²) in [4.78, 5) is 18.1. The van der Waals surface area contributed by atoms with Gasteiger partial charge in [0.15, 0.2) is 0 Å². The molecular formula is C19H20N2O. The van der Waals surface area contributed by atoms with Crippen LogP contribution in [-0.2, 0) is 11.2 Å². The van der Waals surface area contributed by atoms with Crippen molar-refractivity contribution in [1.82, 2.24) is 9.88 Å². The summed E-state index contributed by atoms with van der Waals surface area (Å²) in [5.74, 6) is 0.147. The van der Waals surface area contributed by atoms with Crippen molar-refractivity contribution in [2.75, 3.05) is 6.54 Å². The predicted octanol–water partition coefficient (Wildman–Crippen LogP) is 4.02. The van der Waals surface area contributed by atoms with Crippen molar-refractivity contribution < 1.29 is 4.79 Å². The van der Waals surface area contributed by atoms with E-state index < -0.39 is 0 Å². The maximum atomic E-state index is 12.8. The van der Waals surface area contributed by atoms with Crippen LogP contribution in [-0.4, -0.2) is 22.3 Å². The smallest absolute Gasteiger partial charge is 0.253 e. The lowest BCUT2D eigenvalue weighted by molar-refractivity contribution is -0.124. The number of amides is 1. The largest absolute Gasteiger partial charge is 0.353 e. The summed E-state index contributed by atoms with van der Waals surface area (Å²) in [5.41, 5.74) is 5.22. The van der Waals surface area contributed by atoms with Gasteiger partial charge in [-0.2, -0.15) is 0 Å². The molecule has 4 rings (SSSR count). The lowest BCUT2D eigenvalue weighted by atomic mass is 9.96. The second-order valence-corrected chi connectivity index (χ2v) is 6.15. The molecule has 0 bridgehead atoms. The molecule has 0 spiro atoms. The zero-order chi connectivity index (χ0) is 15.1. The number of H-pyrrole nitrogens is 1. The fourth-order valence-corrected chi connectivity index (χ4v) is 3.63. The van der Waals surface area contributed by atoms with Gasteiger partial charge < -0.3 is 9.88 Å². The third-order valence-electron chi connectivity index (χ3n) is 4.82. The highest BCUT2D eigenvalue weighted by atomic mass is 16.2. The summed E-state index contributed by atoms with van der Waals surface area (Å²) < 4.78 is 0. The molecule has 2 heterocycles. The summed E-state index contributed by atoms with van der Waals surface area (Å²) in [6.45, 7) is 4.92. The Morgan fingerprint density at radius 2 is 2.05 bits per heavy atom. The number of carbonyl (C=O) groups is 1. The molecular weight excluding hydrogens is 272 g/mol. The first-order chi connectivity index (χ1) is 10.8. The van der Waals surface area contributed by atoms with Crippen LogP contribution in [0.3, 0.4) is 0 Å². The highest BCUT2D eigenvalue weighted by Gasteiger charge is 2.29. The van der Waals surface area contributed by atoms with Crippen LogP contribution in [0.2, 0.25) is 0 Å². The number of rotatable bonds is 1. The van der Waals surface area contributed by atoms with Crippen LogP contribution in [0.25, 0.3) is 16.6 Å². The van der Waals surface area contributed by atoms with Crippen molar-refractivity contribution in [2.45, 2.75) is 32.1 Å². The van der Waals surface area contributed by atoms with E-state index in [0.717, 1.165) is 54.7 Å². The molecule has 0 radical (unpaired) electrons. The zero-order valence-corrected chi connectivity index (χ0v) is 12.7. The normalized spacial score (nSPS) is 18.3. The van der Waals surface area contributed by atoms with E-state index in [2.05, 4.69) is 35.8 Å². The van der Waals surface area contributed by atoms with Gasteiger partial charge in [0.25, 0.3) is 5.91 Å². The van der Waals surface area contributed by atoms with Crippen LogP contribution in [0, 0.1) is 0 Å². The summed E-state index contributed by atoms with van der Waals surface area (Å²) in [7, 11) is 0. The maximum Gasteiger partial charge on any atom is 0.253 e. The van der Waals surface area contributed by atoms with Crippen molar-refractivity contribution in [1.29, 1.82) is 0 Å². The van der Waals surface area contributed by atoms with E-state index in [4.69, 9.17) is 0 Å². The third-order valence-corrected chi connectivity index (χ3v) is 4.82. The average Bonchev–Trinajstić information content (AvgIpc) is 2.95. The minimum absolute atomic E-state index is 0.147. The highest BCUT2D eigenvalue weighted by Crippen LogP contribution is 2.34. The molecule has 1 amide bonds. The molecule has 112 valence electrons. The van der Waals surface area contributed by atoms with Crippen LogP contribution in [0.15, 0.2) is 42.5 Å². The monoisotopic (exact) mass is 292 g/mol. The first-order valence-electron chi connectivity index (χ1n) is 8.05. The lowest BCUT2D eigenvalue weighted by Crippen LogP contribution is -2.35. The molecule has 2 aliphatic rings. The summed E-state index contributed by atoms with van der Waals surface area (Å²) in [6.07, 6.45) is 7.25. The second-order valence-electron chi connectivity index (χ2n) is 6.15. The van der Waals surface area contributed by atoms with E-state index in [0.29, 0.717) is 0 Å². The molecule has 0 unspecified atom stereocenters. The number of benzene rings is 1. The number of hydrogen-bond donors (Lipinski definition) is 1. The Hall–Kier alpha value is -2.29. The molecule has 1 aromatic carbocycles. The molecule has 3 nitrogen and oxygen atoms in total. The van der Waals surface area contributed by atoms with E-state index in [1.807, 2.05) is 11.0 Å². The molecule has 1 aromatic heterocycles. The van der Waals surface area contributed by atoms with Crippen molar-refractivity contribution >= 4 is 22.5 Å². The predicted molar refractivity (Wildman–Crippen MR) is 89.3 cm³/mol. The summed E-state index contributed by atoms with van der Waals surface area (Å²) >= 11 is 0. The Bertz CT molecular complexity index is 797. The first kappa shape index (κ1) is 13.4. The van der Waals surface area contributed by atoms with Crippen molar-refractivity contribution in [2.24, 2.45) is 0 Å². The summed E-state index contributed by atoms with van der Waals surface area (Å²) in [6, 6.07) is 8.31. The first-order valence-corrected chi connectivity index (χ1v) is 8.05. The van der Waals surface area contributed by atoms with E-state index in [-0.39, 0.29) is 5.91 Å². The standard InChI is InChI=1S/C19H20N2O/c1-13-18-16(15-9-5-6-10-17(15)20-18)11-12-21(13)19(22)14-7-3-2-4-8-14/h5-7,9-10,20H,1-4,8,11-12H2. The maximum absolute atomic E-state index is 12.8. The Balaban J connectivity index is 1.70. The van der Waals surface area contributed by atoms with Crippen LogP contribution in [0.4, 0.5) is 0 Å². The quantitative estimate of drug-likeness (QED) is 0.846. The Morgan fingerprint density at radius 3 is 2.86 bits per heavy atom. The number of carbonyl (C=O) groups excluding carboxylic acids is 1. The van der Waals surface area contributed by atoms with Gasteiger partial charge in [-0.3, -0.25) is 4.79 Å². The number of allylic oxidation sites excluding steroid dienone is 1. The molecule has 1 aliphatic carbocycles. The topological polar surface area (TPSA) is 36.1 Å². The number of nitrogens with zero attached hydrogens (tertiary/aromatic N) is 1. The van der Waals surface area contributed by atoms with Gasteiger partial charge in [-0.1, -0.05) is 30.9 Å². The van der Waals surface area contributed by atoms with Gasteiger partial charge in [0.2, 0.25) is 0 Å². The van der Waals surface area contributed by atoms with Crippen LogP contribution >= 0.6 is 0 Å². The zero-order valence-electron chi connectivity index (χ0n) is 12.7. The van der Waals surface area contributed by atoms with Crippen molar-refractivity contribution in [3.63, 3.8) is 0 Å². The van der Waals surface area contributed by atoms with Gasteiger partial charge >= 0.3 is 0 Å². The van der Waals surface area contributed by atoms with Crippen molar-refractivity contribution in [3.8, 4) is 0 Å². The van der Waals surface area contributed by atoms with E-state index >= 15 is 0 Å². The van der Waals surface area contributed by atoms with Crippen LogP contribution in [0.5, 0.6) is 0 Å². The number of fused-ring (bicyclic) bond motifs is 3. The molecule has 2 aromatic rings. The molecule has 1 N–H and O–H groups in total. The molecule has 1 aliphatic heterocycles. The molecule has 22 heavy (non-hydrogen) atoms. The molecule has 3 heteroatoms. The van der Waals surface area contributed by atoms with Gasteiger partial charge in [0.1, 0.15) is 0 Å². The summed E-state index contributed by atoms with van der Waals surface area (Å²) in [5, 5.41) is 1.25. The third kappa shape index (κ3) is 2.00. The van der Waals surface area contributed by atoms with Crippen LogP contribution in [0.1, 0.15) is 36.9 Å². The number of aromatic nitrogens is 1. The SMILES string of the molecule is C=C1c2[nH]c3ccccc3c2CCN1C(=O)C1=CCCCC1.